The van der Waals surface area contributed by atoms with E-state index >= 15 is 0 Å². The number of rotatable bonds is 6. The predicted octanol–water partition coefficient (Wildman–Crippen LogP) is 2.71. The summed E-state index contributed by atoms with van der Waals surface area (Å²) < 4.78 is 5.53. The van der Waals surface area contributed by atoms with E-state index in [1.807, 2.05) is 17.9 Å². The lowest BCUT2D eigenvalue weighted by molar-refractivity contribution is -0.131. The number of nitrogens with one attached hydrogen (secondary N) is 1. The van der Waals surface area contributed by atoms with E-state index < -0.39 is 0 Å². The standard InChI is InChI=1S/C18H28N2O2/c1-4-22-16-6-7-17(15(3)13-16)14(2)5-8-18(21)20-11-9-19-10-12-20/h6-7,13-14,19H,4-5,8-12H2,1-3H3. The van der Waals surface area contributed by atoms with E-state index in [0.29, 0.717) is 18.9 Å². The average molecular weight is 304 g/mol. The Hall–Kier alpha value is -1.55. The van der Waals surface area contributed by atoms with Gasteiger partial charge in [-0.1, -0.05) is 13.0 Å². The van der Waals surface area contributed by atoms with Crippen molar-refractivity contribution in [3.8, 4) is 5.75 Å². The van der Waals surface area contributed by atoms with Crippen LogP contribution in [0.3, 0.4) is 0 Å². The summed E-state index contributed by atoms with van der Waals surface area (Å²) in [6, 6.07) is 6.26. The van der Waals surface area contributed by atoms with Gasteiger partial charge in [0.05, 0.1) is 6.61 Å². The summed E-state index contributed by atoms with van der Waals surface area (Å²) in [6.07, 6.45) is 1.53. The second-order valence-electron chi connectivity index (χ2n) is 6.02. The second-order valence-corrected chi connectivity index (χ2v) is 6.02. The van der Waals surface area contributed by atoms with Crippen molar-refractivity contribution in [2.24, 2.45) is 0 Å². The summed E-state index contributed by atoms with van der Waals surface area (Å²) in [7, 11) is 0. The molecule has 0 bridgehead atoms. The highest BCUT2D eigenvalue weighted by atomic mass is 16.5. The molecule has 0 aromatic heterocycles. The fourth-order valence-corrected chi connectivity index (χ4v) is 3.03. The summed E-state index contributed by atoms with van der Waals surface area (Å²) in [5, 5.41) is 3.28. The second kappa shape index (κ2) is 8.18. The zero-order valence-electron chi connectivity index (χ0n) is 14.0. The van der Waals surface area contributed by atoms with Crippen molar-refractivity contribution in [3.63, 3.8) is 0 Å². The highest BCUT2D eigenvalue weighted by Gasteiger charge is 2.18. The third-order valence-corrected chi connectivity index (χ3v) is 4.34. The van der Waals surface area contributed by atoms with Crippen molar-refractivity contribution in [1.29, 1.82) is 0 Å². The maximum atomic E-state index is 12.2. The first-order chi connectivity index (χ1) is 10.6. The van der Waals surface area contributed by atoms with Crippen molar-refractivity contribution in [2.45, 2.75) is 39.5 Å². The van der Waals surface area contributed by atoms with Gasteiger partial charge in [-0.05, 0) is 49.4 Å². The number of amides is 1. The molecule has 4 heteroatoms. The van der Waals surface area contributed by atoms with Crippen molar-refractivity contribution in [2.75, 3.05) is 32.8 Å². The fraction of sp³-hybridized carbons (Fsp3) is 0.611. The van der Waals surface area contributed by atoms with Crippen LogP contribution in [0.4, 0.5) is 0 Å². The van der Waals surface area contributed by atoms with Gasteiger partial charge < -0.3 is 15.0 Å². The van der Waals surface area contributed by atoms with Gasteiger partial charge in [0.2, 0.25) is 5.91 Å². The molecule has 1 fully saturated rings. The Bertz CT molecular complexity index is 496. The number of hydrogen-bond acceptors (Lipinski definition) is 3. The minimum absolute atomic E-state index is 0.289. The first-order valence-corrected chi connectivity index (χ1v) is 8.33. The van der Waals surface area contributed by atoms with E-state index in [4.69, 9.17) is 4.74 Å². The molecule has 0 saturated carbocycles. The molecule has 22 heavy (non-hydrogen) atoms. The number of benzene rings is 1. The first kappa shape index (κ1) is 16.8. The third kappa shape index (κ3) is 4.47. The topological polar surface area (TPSA) is 41.6 Å². The van der Waals surface area contributed by atoms with Gasteiger partial charge in [-0.15, -0.1) is 0 Å². The Labute approximate surface area is 133 Å². The van der Waals surface area contributed by atoms with E-state index in [0.717, 1.165) is 38.3 Å². The van der Waals surface area contributed by atoms with Crippen LogP contribution in [0, 0.1) is 6.92 Å². The molecule has 1 aliphatic heterocycles. The maximum absolute atomic E-state index is 12.2. The normalized spacial score (nSPS) is 16.4. The number of carbonyl (C=O) groups is 1. The Morgan fingerprint density at radius 3 is 2.73 bits per heavy atom. The van der Waals surface area contributed by atoms with Gasteiger partial charge in [0, 0.05) is 32.6 Å². The number of aryl methyl sites for hydroxylation is 1. The molecule has 1 unspecified atom stereocenters. The van der Waals surface area contributed by atoms with E-state index in [1.54, 1.807) is 0 Å². The van der Waals surface area contributed by atoms with Gasteiger partial charge >= 0.3 is 0 Å². The SMILES string of the molecule is CCOc1ccc(C(C)CCC(=O)N2CCNCC2)c(C)c1. The molecule has 122 valence electrons. The molecule has 1 N–H and O–H groups in total. The number of carbonyl (C=O) groups excluding carboxylic acids is 1. The van der Waals surface area contributed by atoms with Crippen LogP contribution in [0.15, 0.2) is 18.2 Å². The smallest absolute Gasteiger partial charge is 0.222 e. The summed E-state index contributed by atoms with van der Waals surface area (Å²) in [5.41, 5.74) is 2.56. The molecule has 2 rings (SSSR count). The van der Waals surface area contributed by atoms with Crippen LogP contribution >= 0.6 is 0 Å². The Balaban J connectivity index is 1.88. The highest BCUT2D eigenvalue weighted by molar-refractivity contribution is 5.76. The van der Waals surface area contributed by atoms with Crippen LogP contribution in [-0.2, 0) is 4.79 Å². The Kier molecular flexibility index (Phi) is 6.25. The summed E-state index contributed by atoms with van der Waals surface area (Å²) in [4.78, 5) is 14.2. The maximum Gasteiger partial charge on any atom is 0.222 e. The molecule has 0 aliphatic carbocycles. The van der Waals surface area contributed by atoms with Gasteiger partial charge in [0.15, 0.2) is 0 Å². The number of nitrogens with zero attached hydrogens (tertiary/aromatic N) is 1. The summed E-state index contributed by atoms with van der Waals surface area (Å²) in [5.74, 6) is 1.60. The molecule has 4 nitrogen and oxygen atoms in total. The van der Waals surface area contributed by atoms with Crippen LogP contribution in [0.5, 0.6) is 5.75 Å². The Morgan fingerprint density at radius 1 is 1.36 bits per heavy atom. The van der Waals surface area contributed by atoms with E-state index in [9.17, 15) is 4.79 Å². The number of piperazine rings is 1. The molecule has 1 aliphatic rings. The molecule has 1 aromatic carbocycles. The van der Waals surface area contributed by atoms with Crippen LogP contribution in [0.1, 0.15) is 43.7 Å². The zero-order chi connectivity index (χ0) is 15.9. The highest BCUT2D eigenvalue weighted by Crippen LogP contribution is 2.27. The van der Waals surface area contributed by atoms with Crippen molar-refractivity contribution in [3.05, 3.63) is 29.3 Å². The third-order valence-electron chi connectivity index (χ3n) is 4.34. The lowest BCUT2D eigenvalue weighted by Gasteiger charge is -2.28. The molecule has 0 radical (unpaired) electrons. The van der Waals surface area contributed by atoms with Crippen LogP contribution in [0.25, 0.3) is 0 Å². The van der Waals surface area contributed by atoms with Gasteiger partial charge in [-0.3, -0.25) is 4.79 Å². The van der Waals surface area contributed by atoms with Gasteiger partial charge in [-0.25, -0.2) is 0 Å². The minimum atomic E-state index is 0.289. The van der Waals surface area contributed by atoms with Crippen molar-refractivity contribution < 1.29 is 9.53 Å². The first-order valence-electron chi connectivity index (χ1n) is 8.33. The zero-order valence-corrected chi connectivity index (χ0v) is 14.0. The van der Waals surface area contributed by atoms with Crippen molar-refractivity contribution >= 4 is 5.91 Å². The fourth-order valence-electron chi connectivity index (χ4n) is 3.03. The summed E-state index contributed by atoms with van der Waals surface area (Å²) in [6.45, 7) is 10.5. The molecule has 1 heterocycles. The molecular formula is C18H28N2O2. The van der Waals surface area contributed by atoms with Gasteiger partial charge in [-0.2, -0.15) is 0 Å². The molecule has 1 atom stereocenters. The monoisotopic (exact) mass is 304 g/mol. The lowest BCUT2D eigenvalue weighted by atomic mass is 9.92. The van der Waals surface area contributed by atoms with Gasteiger partial charge in [0.1, 0.15) is 5.75 Å². The lowest BCUT2D eigenvalue weighted by Crippen LogP contribution is -2.46. The molecule has 0 spiro atoms. The minimum Gasteiger partial charge on any atom is -0.494 e. The molecule has 1 aromatic rings. The largest absolute Gasteiger partial charge is 0.494 e. The van der Waals surface area contributed by atoms with Crippen LogP contribution < -0.4 is 10.1 Å². The molecule has 1 saturated heterocycles. The average Bonchev–Trinajstić information content (AvgIpc) is 2.53. The number of ether oxygens (including phenoxy) is 1. The van der Waals surface area contributed by atoms with Crippen LogP contribution in [0.2, 0.25) is 0 Å². The van der Waals surface area contributed by atoms with E-state index in [-0.39, 0.29) is 5.91 Å². The van der Waals surface area contributed by atoms with Crippen LogP contribution in [-0.4, -0.2) is 43.6 Å². The molecular weight excluding hydrogens is 276 g/mol. The van der Waals surface area contributed by atoms with E-state index in [1.165, 1.54) is 11.1 Å². The number of hydrogen-bond donors (Lipinski definition) is 1. The predicted molar refractivity (Wildman–Crippen MR) is 89.4 cm³/mol. The van der Waals surface area contributed by atoms with Gasteiger partial charge in [0.25, 0.3) is 0 Å². The quantitative estimate of drug-likeness (QED) is 0.878. The van der Waals surface area contributed by atoms with E-state index in [2.05, 4.69) is 31.3 Å². The van der Waals surface area contributed by atoms with Crippen molar-refractivity contribution in [1.82, 2.24) is 10.2 Å². The molecule has 1 amide bonds. The summed E-state index contributed by atoms with van der Waals surface area (Å²) >= 11 is 0. The Morgan fingerprint density at radius 2 is 2.09 bits per heavy atom.